The van der Waals surface area contributed by atoms with Crippen LogP contribution in [0.15, 0.2) is 48.4 Å². The van der Waals surface area contributed by atoms with E-state index in [2.05, 4.69) is 32.4 Å². The van der Waals surface area contributed by atoms with Gasteiger partial charge in [-0.15, -0.1) is 4.99 Å². The first kappa shape index (κ1) is 22.9. The SMILES string of the molecule is C=C/C=C\OCC(=O)N1CCC(CCCCN/C(=N\C#N)Nc2ccnnc2)CC1. The third kappa shape index (κ3) is 8.73. The van der Waals surface area contributed by atoms with Crippen LogP contribution in [0, 0.1) is 17.4 Å². The summed E-state index contributed by atoms with van der Waals surface area (Å²) in [6.45, 7) is 5.94. The van der Waals surface area contributed by atoms with Gasteiger partial charge in [-0.1, -0.05) is 25.5 Å². The molecule has 9 heteroatoms. The molecule has 2 N–H and O–H groups in total. The topological polar surface area (TPSA) is 116 Å². The number of aliphatic imine (C=N–C) groups is 1. The highest BCUT2D eigenvalue weighted by Crippen LogP contribution is 2.22. The first-order valence-corrected chi connectivity index (χ1v) is 10.1. The molecule has 0 aromatic carbocycles. The van der Waals surface area contributed by atoms with E-state index in [1.807, 2.05) is 4.90 Å². The monoisotopic (exact) mass is 411 g/mol. The molecule has 1 aliphatic rings. The second-order valence-corrected chi connectivity index (χ2v) is 6.94. The van der Waals surface area contributed by atoms with Crippen molar-refractivity contribution in [2.24, 2.45) is 10.9 Å². The molecule has 1 aromatic heterocycles. The van der Waals surface area contributed by atoms with Crippen LogP contribution in [-0.2, 0) is 9.53 Å². The Morgan fingerprint density at radius 2 is 2.23 bits per heavy atom. The average molecular weight is 412 g/mol. The van der Waals surface area contributed by atoms with Crippen LogP contribution in [0.25, 0.3) is 0 Å². The first-order chi connectivity index (χ1) is 14.7. The molecule has 1 fully saturated rings. The van der Waals surface area contributed by atoms with E-state index in [0.29, 0.717) is 11.9 Å². The largest absolute Gasteiger partial charge is 0.491 e. The molecule has 0 radical (unpaired) electrons. The molecular formula is C21H29N7O2. The Labute approximate surface area is 177 Å². The Balaban J connectivity index is 1.58. The molecule has 1 aliphatic heterocycles. The number of nitriles is 1. The van der Waals surface area contributed by atoms with Crippen molar-refractivity contribution in [1.29, 1.82) is 5.26 Å². The smallest absolute Gasteiger partial charge is 0.260 e. The van der Waals surface area contributed by atoms with E-state index in [9.17, 15) is 4.79 Å². The highest BCUT2D eigenvalue weighted by molar-refractivity contribution is 5.93. The van der Waals surface area contributed by atoms with E-state index < -0.39 is 0 Å². The first-order valence-electron chi connectivity index (χ1n) is 10.1. The number of guanidine groups is 1. The van der Waals surface area contributed by atoms with E-state index in [1.165, 1.54) is 6.26 Å². The van der Waals surface area contributed by atoms with Crippen molar-refractivity contribution in [2.75, 3.05) is 31.6 Å². The lowest BCUT2D eigenvalue weighted by molar-refractivity contribution is -0.135. The van der Waals surface area contributed by atoms with Gasteiger partial charge in [0.15, 0.2) is 6.61 Å². The number of nitrogens with zero attached hydrogens (tertiary/aromatic N) is 5. The molecule has 30 heavy (non-hydrogen) atoms. The van der Waals surface area contributed by atoms with Crippen LogP contribution >= 0.6 is 0 Å². The van der Waals surface area contributed by atoms with Gasteiger partial charge in [0.1, 0.15) is 0 Å². The molecule has 2 heterocycles. The molecule has 160 valence electrons. The van der Waals surface area contributed by atoms with Gasteiger partial charge >= 0.3 is 0 Å². The van der Waals surface area contributed by atoms with Crippen LogP contribution in [0.3, 0.4) is 0 Å². The minimum absolute atomic E-state index is 0.0348. The number of hydrogen-bond acceptors (Lipinski definition) is 6. The molecule has 0 saturated carbocycles. The summed E-state index contributed by atoms with van der Waals surface area (Å²) < 4.78 is 5.19. The lowest BCUT2D eigenvalue weighted by Crippen LogP contribution is -2.40. The Kier molecular flexibility index (Phi) is 10.5. The summed E-state index contributed by atoms with van der Waals surface area (Å²) >= 11 is 0. The molecule has 0 unspecified atom stereocenters. The standard InChI is InChI=1S/C21H29N7O2/c1-2-3-14-30-16-20(29)28-12-8-18(9-13-28)6-4-5-10-23-21(24-17-22)27-19-7-11-25-26-15-19/h2-3,7,11,14-15,18H,1,4-6,8-10,12-13,16H2,(H2,23,24,25,27)/b14-3-. The number of carbonyl (C=O) groups excluding carboxylic acids is 1. The lowest BCUT2D eigenvalue weighted by Gasteiger charge is -2.32. The van der Waals surface area contributed by atoms with Crippen molar-refractivity contribution in [3.05, 3.63) is 43.5 Å². The van der Waals surface area contributed by atoms with E-state index in [4.69, 9.17) is 10.00 Å². The number of amides is 1. The molecule has 0 bridgehead atoms. The normalized spacial score (nSPS) is 14.9. The fraction of sp³-hybridized carbons (Fsp3) is 0.476. The van der Waals surface area contributed by atoms with Gasteiger partial charge in [-0.2, -0.15) is 15.5 Å². The number of carbonyl (C=O) groups is 1. The molecule has 0 atom stereocenters. The van der Waals surface area contributed by atoms with Gasteiger partial charge in [0.05, 0.1) is 24.3 Å². The zero-order valence-electron chi connectivity index (χ0n) is 17.2. The maximum Gasteiger partial charge on any atom is 0.260 e. The summed E-state index contributed by atoms with van der Waals surface area (Å²) in [4.78, 5) is 17.7. The molecule has 9 nitrogen and oxygen atoms in total. The van der Waals surface area contributed by atoms with E-state index in [1.54, 1.807) is 36.8 Å². The number of aromatic nitrogens is 2. The Hall–Kier alpha value is -3.41. The number of nitrogens with one attached hydrogen (secondary N) is 2. The van der Waals surface area contributed by atoms with Gasteiger partial charge in [-0.25, -0.2) is 0 Å². The maximum atomic E-state index is 12.1. The fourth-order valence-corrected chi connectivity index (χ4v) is 3.22. The Bertz CT molecular complexity index is 750. The Morgan fingerprint density at radius 1 is 1.40 bits per heavy atom. The third-order valence-corrected chi connectivity index (χ3v) is 4.83. The van der Waals surface area contributed by atoms with Crippen molar-refractivity contribution in [3.63, 3.8) is 0 Å². The van der Waals surface area contributed by atoms with Crippen LogP contribution < -0.4 is 10.6 Å². The van der Waals surface area contributed by atoms with E-state index >= 15 is 0 Å². The molecular weight excluding hydrogens is 382 g/mol. The molecule has 0 aliphatic carbocycles. The van der Waals surface area contributed by atoms with Crippen LogP contribution in [0.1, 0.15) is 32.1 Å². The fourth-order valence-electron chi connectivity index (χ4n) is 3.22. The predicted octanol–water partition coefficient (Wildman–Crippen LogP) is 2.44. The molecule has 2 rings (SSSR count). The highest BCUT2D eigenvalue weighted by Gasteiger charge is 2.22. The molecule has 0 spiro atoms. The van der Waals surface area contributed by atoms with E-state index in [-0.39, 0.29) is 12.5 Å². The summed E-state index contributed by atoms with van der Waals surface area (Å²) in [5, 5.41) is 22.5. The van der Waals surface area contributed by atoms with Crippen molar-refractivity contribution >= 4 is 17.6 Å². The van der Waals surface area contributed by atoms with E-state index in [0.717, 1.165) is 57.4 Å². The lowest BCUT2D eigenvalue weighted by atomic mass is 9.91. The molecule has 1 amide bonds. The summed E-state index contributed by atoms with van der Waals surface area (Å²) in [7, 11) is 0. The van der Waals surface area contributed by atoms with Crippen molar-refractivity contribution in [1.82, 2.24) is 20.4 Å². The second kappa shape index (κ2) is 13.7. The summed E-state index contributed by atoms with van der Waals surface area (Å²) in [6, 6.07) is 1.75. The van der Waals surface area contributed by atoms with Gasteiger partial charge < -0.3 is 20.3 Å². The molecule has 1 saturated heterocycles. The van der Waals surface area contributed by atoms with Gasteiger partial charge in [0, 0.05) is 19.6 Å². The van der Waals surface area contributed by atoms with Gasteiger partial charge in [0.2, 0.25) is 12.2 Å². The summed E-state index contributed by atoms with van der Waals surface area (Å²) in [5.41, 5.74) is 0.718. The number of allylic oxidation sites excluding steroid dienone is 2. The van der Waals surface area contributed by atoms with Crippen molar-refractivity contribution < 1.29 is 9.53 Å². The predicted molar refractivity (Wildman–Crippen MR) is 115 cm³/mol. The number of ether oxygens (including phenoxy) is 1. The highest BCUT2D eigenvalue weighted by atomic mass is 16.5. The summed E-state index contributed by atoms with van der Waals surface area (Å²) in [5.74, 6) is 1.08. The number of piperidine rings is 1. The zero-order valence-corrected chi connectivity index (χ0v) is 17.2. The van der Waals surface area contributed by atoms with Crippen LogP contribution in [0.2, 0.25) is 0 Å². The van der Waals surface area contributed by atoms with Crippen LogP contribution in [-0.4, -0.2) is 53.2 Å². The maximum absolute atomic E-state index is 12.1. The number of unbranched alkanes of at least 4 members (excludes halogenated alkanes) is 1. The van der Waals surface area contributed by atoms with Crippen LogP contribution in [0.5, 0.6) is 0 Å². The van der Waals surface area contributed by atoms with Gasteiger partial charge in [0.25, 0.3) is 5.91 Å². The molecule has 1 aromatic rings. The summed E-state index contributed by atoms with van der Waals surface area (Å²) in [6.07, 6.45) is 14.9. The quantitative estimate of drug-likeness (QED) is 0.152. The minimum atomic E-state index is 0.0348. The van der Waals surface area contributed by atoms with Crippen molar-refractivity contribution in [2.45, 2.75) is 32.1 Å². The Morgan fingerprint density at radius 3 is 2.93 bits per heavy atom. The van der Waals surface area contributed by atoms with Crippen LogP contribution in [0.4, 0.5) is 5.69 Å². The second-order valence-electron chi connectivity index (χ2n) is 6.94. The number of likely N-dealkylation sites (tertiary alicyclic amines) is 1. The average Bonchev–Trinajstić information content (AvgIpc) is 2.77. The number of anilines is 1. The van der Waals surface area contributed by atoms with Crippen molar-refractivity contribution in [3.8, 4) is 6.19 Å². The third-order valence-electron chi connectivity index (χ3n) is 4.83. The zero-order chi connectivity index (χ0) is 21.4. The van der Waals surface area contributed by atoms with Gasteiger partial charge in [-0.3, -0.25) is 4.79 Å². The number of rotatable bonds is 10. The van der Waals surface area contributed by atoms with Gasteiger partial charge in [-0.05, 0) is 37.3 Å². The minimum Gasteiger partial charge on any atom is -0.491 e. The number of hydrogen-bond donors (Lipinski definition) is 2.